The zero-order chi connectivity index (χ0) is 12.7. The second-order valence-corrected chi connectivity index (χ2v) is 4.16. The van der Waals surface area contributed by atoms with Crippen molar-refractivity contribution in [2.75, 3.05) is 6.54 Å². The third-order valence-electron chi connectivity index (χ3n) is 3.07. The highest BCUT2D eigenvalue weighted by Crippen LogP contribution is 2.29. The summed E-state index contributed by atoms with van der Waals surface area (Å²) in [6, 6.07) is 0. The molecule has 0 aromatic heterocycles. The second-order valence-electron chi connectivity index (χ2n) is 4.16. The van der Waals surface area contributed by atoms with Crippen molar-refractivity contribution in [3.8, 4) is 0 Å². The number of nitrogens with one attached hydrogen (secondary N) is 2. The van der Waals surface area contributed by atoms with Gasteiger partial charge in [-0.1, -0.05) is 6.08 Å². The van der Waals surface area contributed by atoms with Crippen molar-refractivity contribution in [3.05, 3.63) is 23.5 Å². The molecule has 0 spiro atoms. The van der Waals surface area contributed by atoms with Crippen molar-refractivity contribution in [1.82, 2.24) is 10.6 Å². The van der Waals surface area contributed by atoms with Gasteiger partial charge in [0.2, 0.25) is 5.96 Å². The maximum Gasteiger partial charge on any atom is 0.276 e. The number of aliphatic imine (C=N–C) groups is 2. The van der Waals surface area contributed by atoms with Crippen molar-refractivity contribution in [1.29, 1.82) is 0 Å². The molecule has 0 bridgehead atoms. The van der Waals surface area contributed by atoms with E-state index in [9.17, 15) is 9.59 Å². The minimum atomic E-state index is -0.323. The number of hydrogen-bond donors (Lipinski definition) is 3. The summed E-state index contributed by atoms with van der Waals surface area (Å²) in [5, 5.41) is 5.18. The number of guanidine groups is 1. The average Bonchev–Trinajstić information content (AvgIpc) is 2.88. The number of nitrogens with two attached hydrogens (primary N) is 1. The molecule has 2 amide bonds. The first-order valence-electron chi connectivity index (χ1n) is 5.58. The van der Waals surface area contributed by atoms with Crippen LogP contribution in [-0.2, 0) is 9.59 Å². The molecule has 92 valence electrons. The van der Waals surface area contributed by atoms with Crippen LogP contribution in [0.15, 0.2) is 33.5 Å². The lowest BCUT2D eigenvalue weighted by atomic mass is 9.91. The van der Waals surface area contributed by atoms with E-state index in [2.05, 4.69) is 20.6 Å². The Labute approximate surface area is 103 Å². The fraction of sp³-hybridized carbons (Fsp3) is 0.273. The molecule has 3 aliphatic rings. The van der Waals surface area contributed by atoms with Gasteiger partial charge in [-0.25, -0.2) is 4.99 Å². The Morgan fingerprint density at radius 1 is 1.33 bits per heavy atom. The third kappa shape index (κ3) is 1.52. The maximum absolute atomic E-state index is 11.7. The lowest BCUT2D eigenvalue weighted by Crippen LogP contribution is -2.31. The van der Waals surface area contributed by atoms with Crippen molar-refractivity contribution in [3.63, 3.8) is 0 Å². The smallest absolute Gasteiger partial charge is 0.276 e. The van der Waals surface area contributed by atoms with Gasteiger partial charge in [0.25, 0.3) is 11.8 Å². The Balaban J connectivity index is 2.09. The topological polar surface area (TPSA) is 109 Å². The van der Waals surface area contributed by atoms with Gasteiger partial charge in [0.15, 0.2) is 0 Å². The summed E-state index contributed by atoms with van der Waals surface area (Å²) in [4.78, 5) is 31.5. The van der Waals surface area contributed by atoms with Gasteiger partial charge in [-0.2, -0.15) is 0 Å². The molecular weight excluding hydrogens is 234 g/mol. The predicted molar refractivity (Wildman–Crippen MR) is 64.5 cm³/mol. The molecule has 0 aliphatic carbocycles. The van der Waals surface area contributed by atoms with Gasteiger partial charge in [0.1, 0.15) is 11.4 Å². The lowest BCUT2D eigenvalue weighted by molar-refractivity contribution is -0.116. The van der Waals surface area contributed by atoms with Crippen LogP contribution in [0.5, 0.6) is 0 Å². The fourth-order valence-electron chi connectivity index (χ4n) is 2.28. The highest BCUT2D eigenvalue weighted by Gasteiger charge is 2.34. The molecule has 0 aromatic rings. The van der Waals surface area contributed by atoms with Crippen molar-refractivity contribution in [2.24, 2.45) is 21.6 Å². The number of carbonyl (C=O) groups is 2. The van der Waals surface area contributed by atoms with Crippen LogP contribution < -0.4 is 16.4 Å². The van der Waals surface area contributed by atoms with Crippen LogP contribution in [0.3, 0.4) is 0 Å². The zero-order valence-electron chi connectivity index (χ0n) is 9.43. The van der Waals surface area contributed by atoms with Gasteiger partial charge >= 0.3 is 0 Å². The SMILES string of the molecule is NC1=N/C(=C2/CCNC(=O)C3=NC=C[C@@H]32)C(=O)N1. The van der Waals surface area contributed by atoms with Crippen LogP contribution in [-0.4, -0.2) is 30.0 Å². The Morgan fingerprint density at radius 3 is 2.89 bits per heavy atom. The normalized spacial score (nSPS) is 30.3. The van der Waals surface area contributed by atoms with E-state index >= 15 is 0 Å². The minimum absolute atomic E-state index is 0.0893. The average molecular weight is 245 g/mol. The quantitative estimate of drug-likeness (QED) is 0.466. The molecule has 1 saturated heterocycles. The molecule has 3 rings (SSSR count). The number of fused-ring (bicyclic) bond motifs is 1. The van der Waals surface area contributed by atoms with E-state index in [0.717, 1.165) is 5.57 Å². The molecule has 3 heterocycles. The Hall–Kier alpha value is -2.44. The molecule has 4 N–H and O–H groups in total. The van der Waals surface area contributed by atoms with Crippen LogP contribution in [0.4, 0.5) is 0 Å². The number of nitrogens with zero attached hydrogens (tertiary/aromatic N) is 2. The minimum Gasteiger partial charge on any atom is -0.369 e. The molecule has 0 saturated carbocycles. The highest BCUT2D eigenvalue weighted by molar-refractivity contribution is 6.41. The molecule has 7 heteroatoms. The van der Waals surface area contributed by atoms with Crippen LogP contribution in [0.1, 0.15) is 6.42 Å². The zero-order valence-corrected chi connectivity index (χ0v) is 9.43. The van der Waals surface area contributed by atoms with Gasteiger partial charge < -0.3 is 11.1 Å². The standard InChI is InChI=1S/C11H11N5O2/c12-11-15-8(10(18)16-11)6-2-4-14-9(17)7-5(6)1-3-13-7/h1,3,5H,2,4H2,(H,14,17)(H3,12,15,16,18)/b8-6-/t5-/m1/s1. The number of amides is 2. The van der Waals surface area contributed by atoms with Gasteiger partial charge in [0.05, 0.1) is 5.92 Å². The van der Waals surface area contributed by atoms with E-state index in [1.165, 1.54) is 0 Å². The van der Waals surface area contributed by atoms with E-state index in [1.54, 1.807) is 12.3 Å². The van der Waals surface area contributed by atoms with Gasteiger partial charge in [-0.05, 0) is 12.0 Å². The molecule has 0 radical (unpaired) electrons. The van der Waals surface area contributed by atoms with E-state index in [1.807, 2.05) is 0 Å². The van der Waals surface area contributed by atoms with Crippen LogP contribution in [0, 0.1) is 5.92 Å². The summed E-state index contributed by atoms with van der Waals surface area (Å²) in [5.41, 5.74) is 6.96. The molecular formula is C11H11N5O2. The summed E-state index contributed by atoms with van der Waals surface area (Å²) in [5.74, 6) is -0.707. The summed E-state index contributed by atoms with van der Waals surface area (Å²) in [7, 11) is 0. The fourth-order valence-corrected chi connectivity index (χ4v) is 2.28. The van der Waals surface area contributed by atoms with Crippen LogP contribution >= 0.6 is 0 Å². The Kier molecular flexibility index (Phi) is 2.26. The lowest BCUT2D eigenvalue weighted by Gasteiger charge is -2.11. The molecule has 0 unspecified atom stereocenters. The van der Waals surface area contributed by atoms with E-state index in [0.29, 0.717) is 24.4 Å². The monoisotopic (exact) mass is 245 g/mol. The molecule has 1 fully saturated rings. The van der Waals surface area contributed by atoms with E-state index < -0.39 is 0 Å². The first kappa shape index (κ1) is 10.7. The number of carbonyl (C=O) groups excluding carboxylic acids is 2. The summed E-state index contributed by atoms with van der Waals surface area (Å²) < 4.78 is 0. The molecule has 7 nitrogen and oxygen atoms in total. The Bertz CT molecular complexity index is 570. The third-order valence-corrected chi connectivity index (χ3v) is 3.07. The largest absolute Gasteiger partial charge is 0.369 e. The van der Waals surface area contributed by atoms with Gasteiger partial charge in [-0.3, -0.25) is 19.9 Å². The first-order valence-corrected chi connectivity index (χ1v) is 5.58. The van der Waals surface area contributed by atoms with Gasteiger partial charge in [0, 0.05) is 12.7 Å². The highest BCUT2D eigenvalue weighted by atomic mass is 16.2. The Morgan fingerprint density at radius 2 is 2.17 bits per heavy atom. The summed E-state index contributed by atoms with van der Waals surface area (Å²) in [6.07, 6.45) is 3.92. The van der Waals surface area contributed by atoms with E-state index in [4.69, 9.17) is 5.73 Å². The number of hydrogen-bond acceptors (Lipinski definition) is 5. The number of allylic oxidation sites excluding steroid dienone is 1. The van der Waals surface area contributed by atoms with Crippen LogP contribution in [0.2, 0.25) is 0 Å². The molecule has 3 aliphatic heterocycles. The van der Waals surface area contributed by atoms with Crippen LogP contribution in [0.25, 0.3) is 0 Å². The van der Waals surface area contributed by atoms with Crippen molar-refractivity contribution < 1.29 is 9.59 Å². The first-order chi connectivity index (χ1) is 8.66. The predicted octanol–water partition coefficient (Wildman–Crippen LogP) is -1.21. The maximum atomic E-state index is 11.7. The molecule has 1 atom stereocenters. The van der Waals surface area contributed by atoms with Gasteiger partial charge in [-0.15, -0.1) is 0 Å². The second kappa shape index (κ2) is 3.80. The van der Waals surface area contributed by atoms with Crippen molar-refractivity contribution in [2.45, 2.75) is 6.42 Å². The summed E-state index contributed by atoms with van der Waals surface area (Å²) >= 11 is 0. The summed E-state index contributed by atoms with van der Waals surface area (Å²) in [6.45, 7) is 0.462. The van der Waals surface area contributed by atoms with Crippen molar-refractivity contribution >= 4 is 23.5 Å². The molecule has 18 heavy (non-hydrogen) atoms. The van der Waals surface area contributed by atoms with E-state index in [-0.39, 0.29) is 23.7 Å². The molecule has 0 aromatic carbocycles. The number of rotatable bonds is 0.